The number of nitrogens with zero attached hydrogens (tertiary/aromatic N) is 1. The van der Waals surface area contributed by atoms with Crippen LogP contribution >= 0.6 is 0 Å². The largest absolute Gasteiger partial charge is 0.399 e. The predicted octanol–water partition coefficient (Wildman–Crippen LogP) is 2.28. The summed E-state index contributed by atoms with van der Waals surface area (Å²) in [5.74, 6) is 7.00. The lowest BCUT2D eigenvalue weighted by molar-refractivity contribution is 0.938. The minimum absolute atomic E-state index is 0.689. The van der Waals surface area contributed by atoms with Crippen LogP contribution in [0.2, 0.25) is 0 Å². The van der Waals surface area contributed by atoms with Crippen LogP contribution in [0.4, 0.5) is 5.69 Å². The molecule has 4 N–H and O–H groups in total. The number of imidazole rings is 1. The molecule has 0 bridgehead atoms. The summed E-state index contributed by atoms with van der Waals surface area (Å²) in [5, 5.41) is 6.99. The summed E-state index contributed by atoms with van der Waals surface area (Å²) in [6.07, 6.45) is 4.52. The zero-order valence-corrected chi connectivity index (χ0v) is 10.8. The summed E-state index contributed by atoms with van der Waals surface area (Å²) in [7, 11) is 0. The molecule has 0 aliphatic heterocycles. The molecule has 0 radical (unpaired) electrons. The third-order valence-electron chi connectivity index (χ3n) is 2.75. The molecule has 0 spiro atoms. The number of nitrogens with two attached hydrogens (primary N) is 1. The number of anilines is 1. The van der Waals surface area contributed by atoms with Gasteiger partial charge in [-0.1, -0.05) is 12.0 Å². The van der Waals surface area contributed by atoms with Gasteiger partial charge in [-0.15, -0.1) is 0 Å². The van der Waals surface area contributed by atoms with Gasteiger partial charge in [-0.05, 0) is 43.2 Å². The van der Waals surface area contributed by atoms with E-state index in [1.807, 2.05) is 25.1 Å². The Balaban J connectivity index is 2.17. The van der Waals surface area contributed by atoms with E-state index >= 15 is 0 Å². The molecule has 0 saturated carbocycles. The number of benzene rings is 1. The Morgan fingerprint density at radius 2 is 2.26 bits per heavy atom. The second-order valence-corrected chi connectivity index (χ2v) is 4.31. The standard InChI is InChI=1S/C15H16N4/c1-11-4-6-13(17)9-12(11)5-7-14-10-18-15(19-14)3-2-8-16/h4,6,8-10,16H,2-3,17H2,1H3,(H,18,19). The molecule has 19 heavy (non-hydrogen) atoms. The zero-order chi connectivity index (χ0) is 13.7. The van der Waals surface area contributed by atoms with Gasteiger partial charge in [0, 0.05) is 17.7 Å². The van der Waals surface area contributed by atoms with Gasteiger partial charge < -0.3 is 16.1 Å². The first-order valence-corrected chi connectivity index (χ1v) is 6.10. The maximum absolute atomic E-state index is 6.99. The highest BCUT2D eigenvalue weighted by molar-refractivity contribution is 5.53. The summed E-state index contributed by atoms with van der Waals surface area (Å²) < 4.78 is 0. The van der Waals surface area contributed by atoms with Gasteiger partial charge in [-0.25, -0.2) is 4.98 Å². The molecule has 96 valence electrons. The number of rotatable bonds is 3. The predicted molar refractivity (Wildman–Crippen MR) is 77.3 cm³/mol. The van der Waals surface area contributed by atoms with Crippen molar-refractivity contribution in [1.29, 1.82) is 5.41 Å². The summed E-state index contributed by atoms with van der Waals surface area (Å²) in [6, 6.07) is 5.70. The third kappa shape index (κ3) is 3.46. The summed E-state index contributed by atoms with van der Waals surface area (Å²) in [4.78, 5) is 7.35. The van der Waals surface area contributed by atoms with Gasteiger partial charge in [0.2, 0.25) is 0 Å². The van der Waals surface area contributed by atoms with Crippen LogP contribution in [0.3, 0.4) is 0 Å². The molecule has 0 fully saturated rings. The highest BCUT2D eigenvalue weighted by Gasteiger charge is 1.98. The van der Waals surface area contributed by atoms with Crippen molar-refractivity contribution in [1.82, 2.24) is 9.97 Å². The molecule has 0 aliphatic carbocycles. The topological polar surface area (TPSA) is 78.5 Å². The van der Waals surface area contributed by atoms with E-state index in [2.05, 4.69) is 21.8 Å². The number of H-pyrrole nitrogens is 1. The van der Waals surface area contributed by atoms with Crippen molar-refractivity contribution in [2.45, 2.75) is 19.8 Å². The Labute approximate surface area is 112 Å². The number of hydrogen-bond donors (Lipinski definition) is 3. The van der Waals surface area contributed by atoms with E-state index in [4.69, 9.17) is 11.1 Å². The molecule has 4 nitrogen and oxygen atoms in total. The first-order chi connectivity index (χ1) is 9.19. The van der Waals surface area contributed by atoms with Gasteiger partial charge >= 0.3 is 0 Å². The van der Waals surface area contributed by atoms with E-state index in [-0.39, 0.29) is 0 Å². The Hall–Kier alpha value is -2.54. The van der Waals surface area contributed by atoms with Crippen molar-refractivity contribution in [2.75, 3.05) is 5.73 Å². The summed E-state index contributed by atoms with van der Waals surface area (Å²) in [6.45, 7) is 2.01. The fraction of sp³-hybridized carbons (Fsp3) is 0.200. The van der Waals surface area contributed by atoms with Crippen molar-refractivity contribution in [2.24, 2.45) is 0 Å². The lowest BCUT2D eigenvalue weighted by Crippen LogP contribution is -1.89. The quantitative estimate of drug-likeness (QED) is 0.445. The molecule has 1 aromatic carbocycles. The number of aromatic nitrogens is 2. The van der Waals surface area contributed by atoms with Crippen LogP contribution in [-0.2, 0) is 6.42 Å². The van der Waals surface area contributed by atoms with E-state index in [1.165, 1.54) is 6.21 Å². The van der Waals surface area contributed by atoms with Crippen LogP contribution in [0.1, 0.15) is 29.1 Å². The smallest absolute Gasteiger partial charge is 0.110 e. The normalized spacial score (nSPS) is 9.74. The second-order valence-electron chi connectivity index (χ2n) is 4.31. The molecule has 0 aliphatic rings. The van der Waals surface area contributed by atoms with Gasteiger partial charge in [0.05, 0.1) is 6.20 Å². The number of hydrogen-bond acceptors (Lipinski definition) is 3. The minimum atomic E-state index is 0.689. The summed E-state index contributed by atoms with van der Waals surface area (Å²) in [5.41, 5.74) is 9.27. The molecular weight excluding hydrogens is 236 g/mol. The Kier molecular flexibility index (Phi) is 3.99. The van der Waals surface area contributed by atoms with Crippen LogP contribution in [0.15, 0.2) is 24.4 Å². The SMILES string of the molecule is Cc1ccc(N)cc1C#Cc1cnc(CCC=N)[nH]1. The minimum Gasteiger partial charge on any atom is -0.399 e. The van der Waals surface area contributed by atoms with Crippen LogP contribution in [0.25, 0.3) is 0 Å². The van der Waals surface area contributed by atoms with E-state index in [0.29, 0.717) is 12.1 Å². The monoisotopic (exact) mass is 252 g/mol. The maximum Gasteiger partial charge on any atom is 0.110 e. The van der Waals surface area contributed by atoms with Crippen molar-refractivity contribution >= 4 is 11.9 Å². The Morgan fingerprint density at radius 3 is 3.05 bits per heavy atom. The van der Waals surface area contributed by atoms with E-state index < -0.39 is 0 Å². The van der Waals surface area contributed by atoms with Gasteiger partial charge in [0.15, 0.2) is 0 Å². The lowest BCUT2D eigenvalue weighted by atomic mass is 10.1. The molecule has 0 amide bonds. The zero-order valence-electron chi connectivity index (χ0n) is 10.8. The molecule has 0 saturated heterocycles. The Bertz CT molecular complexity index is 644. The fourth-order valence-electron chi connectivity index (χ4n) is 1.67. The van der Waals surface area contributed by atoms with Crippen LogP contribution in [0, 0.1) is 24.2 Å². The Morgan fingerprint density at radius 1 is 1.42 bits per heavy atom. The average Bonchev–Trinajstić information content (AvgIpc) is 2.85. The van der Waals surface area contributed by atoms with Crippen molar-refractivity contribution in [3.63, 3.8) is 0 Å². The van der Waals surface area contributed by atoms with Crippen LogP contribution in [-0.4, -0.2) is 16.2 Å². The van der Waals surface area contributed by atoms with Gasteiger partial charge in [-0.2, -0.15) is 0 Å². The lowest BCUT2D eigenvalue weighted by Gasteiger charge is -1.98. The number of nitrogen functional groups attached to an aromatic ring is 1. The van der Waals surface area contributed by atoms with Crippen LogP contribution < -0.4 is 5.73 Å². The van der Waals surface area contributed by atoms with Gasteiger partial charge in [-0.3, -0.25) is 0 Å². The summed E-state index contributed by atoms with van der Waals surface area (Å²) >= 11 is 0. The van der Waals surface area contributed by atoms with Gasteiger partial charge in [0.25, 0.3) is 0 Å². The highest BCUT2D eigenvalue weighted by Crippen LogP contribution is 2.11. The number of aromatic amines is 1. The van der Waals surface area contributed by atoms with E-state index in [9.17, 15) is 0 Å². The number of aryl methyl sites for hydroxylation is 2. The van der Waals surface area contributed by atoms with Crippen molar-refractivity contribution in [3.05, 3.63) is 47.0 Å². The third-order valence-corrected chi connectivity index (χ3v) is 2.75. The van der Waals surface area contributed by atoms with Crippen LogP contribution in [0.5, 0.6) is 0 Å². The average molecular weight is 252 g/mol. The second kappa shape index (κ2) is 5.87. The fourth-order valence-corrected chi connectivity index (χ4v) is 1.67. The molecular formula is C15H16N4. The van der Waals surface area contributed by atoms with E-state index in [0.717, 1.165) is 29.1 Å². The molecule has 2 rings (SSSR count). The molecule has 1 heterocycles. The van der Waals surface area contributed by atoms with E-state index in [1.54, 1.807) is 6.20 Å². The van der Waals surface area contributed by atoms with Gasteiger partial charge in [0.1, 0.15) is 11.5 Å². The number of nitrogens with one attached hydrogen (secondary N) is 2. The van der Waals surface area contributed by atoms with Crippen molar-refractivity contribution < 1.29 is 0 Å². The molecule has 1 aromatic heterocycles. The first kappa shape index (κ1) is 12.9. The van der Waals surface area contributed by atoms with Crippen molar-refractivity contribution in [3.8, 4) is 11.8 Å². The molecule has 0 unspecified atom stereocenters. The molecule has 0 atom stereocenters. The maximum atomic E-state index is 6.99. The first-order valence-electron chi connectivity index (χ1n) is 6.10. The highest BCUT2D eigenvalue weighted by atomic mass is 14.9. The molecule has 4 heteroatoms. The molecule has 2 aromatic rings.